The second-order valence-corrected chi connectivity index (χ2v) is 11.9. The first-order valence-electron chi connectivity index (χ1n) is 12.2. The zero-order chi connectivity index (χ0) is 22.7. The minimum atomic E-state index is -0.201. The van der Waals surface area contributed by atoms with Crippen molar-refractivity contribution in [3.63, 3.8) is 0 Å². The van der Waals surface area contributed by atoms with Gasteiger partial charge in [-0.2, -0.15) is 0 Å². The molecule has 2 unspecified atom stereocenters. The number of likely N-dealkylation sites (tertiary alicyclic amines) is 1. The first-order valence-corrected chi connectivity index (χ1v) is 13.6. The number of carbonyl (C=O) groups excluding carboxylic acids is 1. The van der Waals surface area contributed by atoms with Gasteiger partial charge in [0.2, 0.25) is 5.91 Å². The third kappa shape index (κ3) is 3.96. The number of rotatable bonds is 5. The van der Waals surface area contributed by atoms with E-state index in [4.69, 9.17) is 16.6 Å². The van der Waals surface area contributed by atoms with Crippen molar-refractivity contribution in [2.45, 2.75) is 56.1 Å². The number of thioether (sulfide) groups is 1. The molecule has 3 fully saturated rings. The van der Waals surface area contributed by atoms with Gasteiger partial charge in [0.25, 0.3) is 0 Å². The van der Waals surface area contributed by atoms with E-state index < -0.39 is 0 Å². The second-order valence-electron chi connectivity index (χ2n) is 10.5. The summed E-state index contributed by atoms with van der Waals surface area (Å²) in [6.07, 6.45) is 6.96. The maximum atomic E-state index is 13.2. The van der Waals surface area contributed by atoms with Crippen LogP contribution < -0.4 is 5.32 Å². The fourth-order valence-electron chi connectivity index (χ4n) is 5.80. The Morgan fingerprint density at radius 1 is 1.27 bits per heavy atom. The average Bonchev–Trinajstić information content (AvgIpc) is 3.36. The Kier molecular flexibility index (Phi) is 5.42. The van der Waals surface area contributed by atoms with Gasteiger partial charge in [-0.3, -0.25) is 9.79 Å². The number of aromatic nitrogens is 1. The van der Waals surface area contributed by atoms with E-state index in [2.05, 4.69) is 40.3 Å². The lowest BCUT2D eigenvalue weighted by Crippen LogP contribution is -2.36. The second kappa shape index (κ2) is 8.21. The number of carbonyl (C=O) groups is 1. The molecule has 2 aromatic rings. The zero-order valence-corrected chi connectivity index (χ0v) is 20.9. The molecule has 3 heterocycles. The molecule has 176 valence electrons. The monoisotopic (exact) mass is 485 g/mol. The summed E-state index contributed by atoms with van der Waals surface area (Å²) in [6, 6.07) is 7.21. The molecule has 2 N–H and O–H groups in total. The summed E-state index contributed by atoms with van der Waals surface area (Å²) in [5.74, 6) is 1.24. The summed E-state index contributed by atoms with van der Waals surface area (Å²) in [4.78, 5) is 26.2. The molecule has 33 heavy (non-hydrogen) atoms. The van der Waals surface area contributed by atoms with Crippen LogP contribution in [0.3, 0.4) is 0 Å². The maximum Gasteiger partial charge on any atom is 0.228 e. The Morgan fingerprint density at radius 2 is 2.09 bits per heavy atom. The number of halogens is 1. The highest BCUT2D eigenvalue weighted by molar-refractivity contribution is 8.14. The fraction of sp³-hybridized carbons (Fsp3) is 0.600. The van der Waals surface area contributed by atoms with E-state index in [-0.39, 0.29) is 11.5 Å². The van der Waals surface area contributed by atoms with Crippen LogP contribution in [0.15, 0.2) is 23.2 Å². The molecule has 2 saturated carbocycles. The highest BCUT2D eigenvalue weighted by Gasteiger charge is 2.62. The number of H-pyrrole nitrogens is 1. The van der Waals surface area contributed by atoms with Crippen molar-refractivity contribution in [1.29, 1.82) is 0 Å². The number of hydrogen-bond acceptors (Lipinski definition) is 5. The van der Waals surface area contributed by atoms with E-state index >= 15 is 0 Å². The van der Waals surface area contributed by atoms with Crippen LogP contribution in [0.4, 0.5) is 5.69 Å². The number of hydrogen-bond donors (Lipinski definition) is 2. The minimum absolute atomic E-state index is 0.0434. The van der Waals surface area contributed by atoms with E-state index in [1.54, 1.807) is 11.8 Å². The Balaban J connectivity index is 1.21. The number of benzene rings is 1. The molecule has 8 heteroatoms. The normalized spacial score (nSPS) is 29.6. The fourth-order valence-corrected chi connectivity index (χ4v) is 7.31. The van der Waals surface area contributed by atoms with Gasteiger partial charge in [0, 0.05) is 41.3 Å². The van der Waals surface area contributed by atoms with Gasteiger partial charge in [-0.15, -0.1) is 11.8 Å². The highest BCUT2D eigenvalue weighted by Crippen LogP contribution is 2.54. The van der Waals surface area contributed by atoms with E-state index in [1.165, 1.54) is 25.7 Å². The summed E-state index contributed by atoms with van der Waals surface area (Å²) in [7, 11) is 4.20. The van der Waals surface area contributed by atoms with E-state index in [0.29, 0.717) is 18.0 Å². The van der Waals surface area contributed by atoms with Gasteiger partial charge >= 0.3 is 0 Å². The Bertz CT molecular complexity index is 1120. The Labute approximate surface area is 204 Å². The average molecular weight is 486 g/mol. The lowest BCUT2D eigenvalue weighted by molar-refractivity contribution is -0.132. The minimum Gasteiger partial charge on any atom is -0.381 e. The predicted octanol–water partition coefficient (Wildman–Crippen LogP) is 4.59. The molecule has 6 nitrogen and oxygen atoms in total. The van der Waals surface area contributed by atoms with Gasteiger partial charge in [-0.1, -0.05) is 24.4 Å². The standard InChI is InChI=1S/C25H32ClN5OS/c1-30(2)18-7-8-31(13-18)24(32)19-12-25(19)14-33-23(29-25)21-10-15-9-16(26)11-20(22(15)28-21)27-17-5-3-4-6-17/h9-11,17-19,27-28H,3-8,12-14H2,1-2H3/t18?,19?,25-/m0/s1. The number of fused-ring (bicyclic) bond motifs is 1. The maximum absolute atomic E-state index is 13.2. The quantitative estimate of drug-likeness (QED) is 0.650. The molecule has 2 aliphatic heterocycles. The summed E-state index contributed by atoms with van der Waals surface area (Å²) in [5, 5.41) is 6.59. The number of amides is 1. The first-order chi connectivity index (χ1) is 15.9. The molecule has 4 aliphatic rings. The zero-order valence-electron chi connectivity index (χ0n) is 19.4. The van der Waals surface area contributed by atoms with Gasteiger partial charge in [-0.25, -0.2) is 0 Å². The predicted molar refractivity (Wildman–Crippen MR) is 138 cm³/mol. The van der Waals surface area contributed by atoms with E-state index in [9.17, 15) is 4.79 Å². The molecule has 1 saturated heterocycles. The van der Waals surface area contributed by atoms with Crippen molar-refractivity contribution >= 4 is 50.9 Å². The highest BCUT2D eigenvalue weighted by atomic mass is 35.5. The van der Waals surface area contributed by atoms with Crippen molar-refractivity contribution in [2.24, 2.45) is 10.9 Å². The molecule has 0 radical (unpaired) electrons. The van der Waals surface area contributed by atoms with Crippen molar-refractivity contribution in [2.75, 3.05) is 38.3 Å². The lowest BCUT2D eigenvalue weighted by atomic mass is 10.2. The molecule has 1 spiro atoms. The SMILES string of the molecule is CN(C)C1CCN(C(=O)C2C[C@]23CSC(c2cc4cc(Cl)cc(NC5CCCC5)c4[nH]2)=N3)C1. The molecular formula is C25H32ClN5OS. The van der Waals surface area contributed by atoms with Crippen LogP contribution in [-0.2, 0) is 4.79 Å². The van der Waals surface area contributed by atoms with Gasteiger partial charge in [0.15, 0.2) is 0 Å². The number of aliphatic imine (C=N–C) groups is 1. The smallest absolute Gasteiger partial charge is 0.228 e. The van der Waals surface area contributed by atoms with Gasteiger partial charge in [-0.05, 0) is 58.0 Å². The molecular weight excluding hydrogens is 454 g/mol. The molecule has 2 aliphatic carbocycles. The van der Waals surface area contributed by atoms with Gasteiger partial charge in [0.1, 0.15) is 5.04 Å². The van der Waals surface area contributed by atoms with Gasteiger partial charge < -0.3 is 20.1 Å². The summed E-state index contributed by atoms with van der Waals surface area (Å²) >= 11 is 8.22. The van der Waals surface area contributed by atoms with Crippen LogP contribution in [0, 0.1) is 5.92 Å². The number of likely N-dealkylation sites (N-methyl/N-ethyl adjacent to an activating group) is 1. The molecule has 3 atom stereocenters. The largest absolute Gasteiger partial charge is 0.381 e. The van der Waals surface area contributed by atoms with Crippen LogP contribution in [-0.4, -0.2) is 76.3 Å². The van der Waals surface area contributed by atoms with Crippen LogP contribution >= 0.6 is 23.4 Å². The van der Waals surface area contributed by atoms with Crippen molar-refractivity contribution in [3.8, 4) is 0 Å². The van der Waals surface area contributed by atoms with Crippen LogP contribution in [0.1, 0.15) is 44.2 Å². The molecule has 6 rings (SSSR count). The first kappa shape index (κ1) is 21.8. The summed E-state index contributed by atoms with van der Waals surface area (Å²) < 4.78 is 0. The summed E-state index contributed by atoms with van der Waals surface area (Å²) in [5.41, 5.74) is 3.02. The third-order valence-electron chi connectivity index (χ3n) is 7.97. The van der Waals surface area contributed by atoms with Crippen molar-refractivity contribution < 1.29 is 4.79 Å². The van der Waals surface area contributed by atoms with Crippen LogP contribution in [0.2, 0.25) is 5.02 Å². The molecule has 0 bridgehead atoms. The number of nitrogens with zero attached hydrogens (tertiary/aromatic N) is 3. The lowest BCUT2D eigenvalue weighted by Gasteiger charge is -2.21. The molecule has 1 aromatic carbocycles. The molecule has 1 amide bonds. The number of anilines is 1. The van der Waals surface area contributed by atoms with Crippen LogP contribution in [0.5, 0.6) is 0 Å². The number of nitrogens with one attached hydrogen (secondary N) is 2. The Morgan fingerprint density at radius 3 is 2.85 bits per heavy atom. The van der Waals surface area contributed by atoms with Gasteiger partial charge in [0.05, 0.1) is 28.4 Å². The van der Waals surface area contributed by atoms with E-state index in [1.807, 2.05) is 12.1 Å². The van der Waals surface area contributed by atoms with Crippen molar-refractivity contribution in [1.82, 2.24) is 14.8 Å². The third-order valence-corrected chi connectivity index (χ3v) is 9.42. The Hall–Kier alpha value is -1.70. The summed E-state index contributed by atoms with van der Waals surface area (Å²) in [6.45, 7) is 1.72. The molecule has 1 aromatic heterocycles. The van der Waals surface area contributed by atoms with E-state index in [0.717, 1.165) is 64.0 Å². The number of aromatic amines is 1. The topological polar surface area (TPSA) is 63.7 Å². The van der Waals surface area contributed by atoms with Crippen molar-refractivity contribution in [3.05, 3.63) is 28.9 Å². The van der Waals surface area contributed by atoms with Crippen LogP contribution in [0.25, 0.3) is 10.9 Å².